The fourth-order valence-electron chi connectivity index (χ4n) is 5.88. The van der Waals surface area contributed by atoms with E-state index in [2.05, 4.69) is 4.90 Å². The number of carbonyl (C=O) groups is 3. The molecule has 0 aliphatic carbocycles. The van der Waals surface area contributed by atoms with E-state index in [4.69, 9.17) is 9.47 Å². The van der Waals surface area contributed by atoms with E-state index in [-0.39, 0.29) is 53.7 Å². The minimum atomic E-state index is -0.662. The molecule has 3 saturated heterocycles. The second kappa shape index (κ2) is 7.67. The van der Waals surface area contributed by atoms with Gasteiger partial charge in [0.15, 0.2) is 12.4 Å². The molecule has 8 nitrogen and oxygen atoms in total. The van der Waals surface area contributed by atoms with Crippen molar-refractivity contribution in [3.05, 3.63) is 17.7 Å². The summed E-state index contributed by atoms with van der Waals surface area (Å²) in [5, 5.41) is 10.3. The van der Waals surface area contributed by atoms with E-state index in [1.54, 1.807) is 6.07 Å². The summed E-state index contributed by atoms with van der Waals surface area (Å²) in [6.45, 7) is 5.50. The maximum atomic E-state index is 12.9. The number of benzene rings is 1. The molecule has 2 bridgehead atoms. The van der Waals surface area contributed by atoms with Crippen molar-refractivity contribution < 1.29 is 29.0 Å². The summed E-state index contributed by atoms with van der Waals surface area (Å²) in [6.07, 6.45) is 3.85. The molecule has 3 atom stereocenters. The van der Waals surface area contributed by atoms with Gasteiger partial charge in [0.1, 0.15) is 28.4 Å². The number of phenolic OH excluding ortho intramolecular Hbond substituents is 1. The molecule has 32 heavy (non-hydrogen) atoms. The molecule has 0 spiro atoms. The Balaban J connectivity index is 1.25. The van der Waals surface area contributed by atoms with Crippen LogP contribution < -0.4 is 9.47 Å². The lowest BCUT2D eigenvalue weighted by Crippen LogP contribution is -2.61. The van der Waals surface area contributed by atoms with Crippen LogP contribution in [0.25, 0.3) is 0 Å². The monoisotopic (exact) mass is 442 g/mol. The highest BCUT2D eigenvalue weighted by Gasteiger charge is 2.44. The average Bonchev–Trinajstić information content (AvgIpc) is 2.71. The Bertz CT molecular complexity index is 973. The van der Waals surface area contributed by atoms with Crippen molar-refractivity contribution in [1.29, 1.82) is 0 Å². The highest BCUT2D eigenvalue weighted by Crippen LogP contribution is 2.41. The Kier molecular flexibility index (Phi) is 5.06. The van der Waals surface area contributed by atoms with E-state index in [9.17, 15) is 19.5 Å². The Morgan fingerprint density at radius 1 is 1.25 bits per heavy atom. The largest absolute Gasteiger partial charge is 0.507 e. The molecule has 0 radical (unpaired) electrons. The zero-order valence-corrected chi connectivity index (χ0v) is 18.6. The van der Waals surface area contributed by atoms with Gasteiger partial charge in [-0.2, -0.15) is 0 Å². The third kappa shape index (κ3) is 3.80. The number of hydrogen-bond acceptors (Lipinski definition) is 6. The van der Waals surface area contributed by atoms with Crippen LogP contribution in [0.4, 0.5) is 0 Å². The summed E-state index contributed by atoms with van der Waals surface area (Å²) in [5.41, 5.74) is -0.497. The van der Waals surface area contributed by atoms with E-state index in [1.165, 1.54) is 6.07 Å². The van der Waals surface area contributed by atoms with Gasteiger partial charge in [0.05, 0.1) is 6.42 Å². The number of nitrogens with zero attached hydrogens (tertiary/aromatic N) is 2. The van der Waals surface area contributed by atoms with E-state index in [0.29, 0.717) is 37.1 Å². The number of fused-ring (bicyclic) bond motifs is 5. The van der Waals surface area contributed by atoms with E-state index < -0.39 is 5.60 Å². The van der Waals surface area contributed by atoms with E-state index in [0.717, 1.165) is 25.8 Å². The van der Waals surface area contributed by atoms with Gasteiger partial charge in [0.2, 0.25) is 5.91 Å². The average molecular weight is 443 g/mol. The van der Waals surface area contributed by atoms with Gasteiger partial charge in [0.25, 0.3) is 5.91 Å². The van der Waals surface area contributed by atoms with Crippen LogP contribution in [-0.2, 0) is 9.59 Å². The first-order valence-electron chi connectivity index (χ1n) is 11.5. The van der Waals surface area contributed by atoms with Gasteiger partial charge in [-0.15, -0.1) is 0 Å². The second-order valence-corrected chi connectivity index (χ2v) is 10.2. The van der Waals surface area contributed by atoms with Crippen molar-refractivity contribution >= 4 is 17.6 Å². The molecule has 0 aromatic heterocycles. The van der Waals surface area contributed by atoms with Gasteiger partial charge < -0.3 is 24.4 Å². The number of phenols is 1. The third-order valence-electron chi connectivity index (χ3n) is 7.20. The lowest BCUT2D eigenvalue weighted by molar-refractivity contribution is -0.149. The molecule has 3 fully saturated rings. The predicted molar refractivity (Wildman–Crippen MR) is 115 cm³/mol. The van der Waals surface area contributed by atoms with Crippen LogP contribution in [0.2, 0.25) is 0 Å². The Morgan fingerprint density at radius 2 is 2.06 bits per heavy atom. The van der Waals surface area contributed by atoms with Gasteiger partial charge in [-0.25, -0.2) is 0 Å². The molecule has 4 aliphatic rings. The SMILES string of the molecule is CC1(C)CC(=O)c2c(O)cc(OCC(=O)N3CC4CC(C3)C3CCCC(=O)N3C4)cc2O1. The maximum absolute atomic E-state index is 12.9. The number of Topliss-reactive ketones (excluding diaryl/α,β-unsaturated/α-hetero) is 1. The van der Waals surface area contributed by atoms with Crippen LogP contribution >= 0.6 is 0 Å². The van der Waals surface area contributed by atoms with Crippen LogP contribution in [-0.4, -0.2) is 70.4 Å². The van der Waals surface area contributed by atoms with Crippen molar-refractivity contribution in [3.63, 3.8) is 0 Å². The molecule has 4 heterocycles. The number of hydrogen-bond donors (Lipinski definition) is 1. The van der Waals surface area contributed by atoms with Gasteiger partial charge in [-0.05, 0) is 44.9 Å². The van der Waals surface area contributed by atoms with Crippen LogP contribution in [0.15, 0.2) is 12.1 Å². The standard InChI is InChI=1S/C24H30N2O6/c1-24(2)9-19(28)23-18(27)7-16(8-20(23)32-24)31-13-22(30)25-10-14-6-15(12-25)17-4-3-5-21(29)26(17)11-14/h7-8,14-15,17,27H,3-6,9-13H2,1-2H3. The quantitative estimate of drug-likeness (QED) is 0.772. The number of piperidine rings is 3. The number of ketones is 1. The molecule has 5 rings (SSSR count). The zero-order chi connectivity index (χ0) is 22.6. The van der Waals surface area contributed by atoms with Crippen LogP contribution in [0.5, 0.6) is 17.2 Å². The lowest BCUT2D eigenvalue weighted by Gasteiger charge is -2.52. The summed E-state index contributed by atoms with van der Waals surface area (Å²) >= 11 is 0. The highest BCUT2D eigenvalue weighted by atomic mass is 16.5. The molecule has 2 amide bonds. The van der Waals surface area contributed by atoms with E-state index in [1.807, 2.05) is 18.7 Å². The highest BCUT2D eigenvalue weighted by molar-refractivity contribution is 6.03. The maximum Gasteiger partial charge on any atom is 0.260 e. The first-order valence-corrected chi connectivity index (χ1v) is 11.5. The fourth-order valence-corrected chi connectivity index (χ4v) is 5.88. The Hall–Kier alpha value is -2.77. The summed E-state index contributed by atoms with van der Waals surface area (Å²) in [4.78, 5) is 41.5. The minimum Gasteiger partial charge on any atom is -0.507 e. The normalized spacial score (nSPS) is 28.5. The first kappa shape index (κ1) is 21.1. The Morgan fingerprint density at radius 3 is 2.88 bits per heavy atom. The molecule has 1 N–H and O–H groups in total. The summed E-state index contributed by atoms with van der Waals surface area (Å²) in [5.74, 6) is 0.992. The van der Waals surface area contributed by atoms with Crippen molar-refractivity contribution in [1.82, 2.24) is 9.80 Å². The molecule has 8 heteroatoms. The van der Waals surface area contributed by atoms with Gasteiger partial charge in [-0.3, -0.25) is 14.4 Å². The fraction of sp³-hybridized carbons (Fsp3) is 0.625. The van der Waals surface area contributed by atoms with Crippen LogP contribution in [0, 0.1) is 11.8 Å². The molecule has 1 aromatic rings. The van der Waals surface area contributed by atoms with Gasteiger partial charge in [0, 0.05) is 44.2 Å². The topological polar surface area (TPSA) is 96.4 Å². The summed E-state index contributed by atoms with van der Waals surface area (Å²) in [7, 11) is 0. The predicted octanol–water partition coefficient (Wildman–Crippen LogP) is 2.37. The molecule has 0 saturated carbocycles. The van der Waals surface area contributed by atoms with Crippen LogP contribution in [0.1, 0.15) is 56.3 Å². The molecular formula is C24H30N2O6. The van der Waals surface area contributed by atoms with Crippen molar-refractivity contribution in [2.75, 3.05) is 26.2 Å². The van der Waals surface area contributed by atoms with Crippen LogP contribution in [0.3, 0.4) is 0 Å². The molecule has 172 valence electrons. The first-order chi connectivity index (χ1) is 15.2. The number of carbonyl (C=O) groups excluding carboxylic acids is 3. The molecule has 1 aromatic carbocycles. The number of aromatic hydroxyl groups is 1. The van der Waals surface area contributed by atoms with Crippen molar-refractivity contribution in [2.24, 2.45) is 11.8 Å². The van der Waals surface area contributed by atoms with Crippen molar-refractivity contribution in [2.45, 2.75) is 57.6 Å². The summed E-state index contributed by atoms with van der Waals surface area (Å²) < 4.78 is 11.6. The second-order valence-electron chi connectivity index (χ2n) is 10.2. The minimum absolute atomic E-state index is 0.107. The smallest absolute Gasteiger partial charge is 0.260 e. The molecular weight excluding hydrogens is 412 g/mol. The van der Waals surface area contributed by atoms with Gasteiger partial charge in [-0.1, -0.05) is 0 Å². The number of likely N-dealkylation sites (tertiary alicyclic amines) is 1. The lowest BCUT2D eigenvalue weighted by atomic mass is 9.76. The zero-order valence-electron chi connectivity index (χ0n) is 18.6. The molecule has 3 unspecified atom stereocenters. The van der Waals surface area contributed by atoms with Crippen molar-refractivity contribution in [3.8, 4) is 17.2 Å². The van der Waals surface area contributed by atoms with Gasteiger partial charge >= 0.3 is 0 Å². The molecule has 4 aliphatic heterocycles. The third-order valence-corrected chi connectivity index (χ3v) is 7.20. The van der Waals surface area contributed by atoms with E-state index >= 15 is 0 Å². The number of ether oxygens (including phenoxy) is 2. The summed E-state index contributed by atoms with van der Waals surface area (Å²) in [6, 6.07) is 3.18. The number of rotatable bonds is 3. The number of amides is 2. The Labute approximate surface area is 187 Å².